The number of benzene rings is 1. The lowest BCUT2D eigenvalue weighted by molar-refractivity contribution is -0.385. The van der Waals surface area contributed by atoms with Crippen molar-refractivity contribution in [3.63, 3.8) is 0 Å². The Morgan fingerprint density at radius 1 is 1.22 bits per heavy atom. The average Bonchev–Trinajstić information content (AvgIpc) is 2.56. The van der Waals surface area contributed by atoms with Crippen molar-refractivity contribution in [3.05, 3.63) is 74.7 Å². The molecule has 1 aromatic carbocycles. The Labute approximate surface area is 133 Å². The first-order chi connectivity index (χ1) is 11.1. The Morgan fingerprint density at radius 2 is 1.96 bits per heavy atom. The van der Waals surface area contributed by atoms with Gasteiger partial charge in [0.2, 0.25) is 0 Å². The molecule has 0 spiro atoms. The second-order valence-electron chi connectivity index (χ2n) is 5.11. The highest BCUT2D eigenvalue weighted by Gasteiger charge is 2.11. The van der Waals surface area contributed by atoms with Gasteiger partial charge in [-0.1, -0.05) is 30.3 Å². The van der Waals surface area contributed by atoms with Crippen LogP contribution < -0.4 is 10.9 Å². The largest absolute Gasteiger partial charge is 0.396 e. The van der Waals surface area contributed by atoms with E-state index in [0.29, 0.717) is 19.5 Å². The molecule has 0 fully saturated rings. The van der Waals surface area contributed by atoms with Crippen molar-refractivity contribution in [2.75, 3.05) is 13.2 Å². The molecule has 2 rings (SSSR count). The summed E-state index contributed by atoms with van der Waals surface area (Å²) in [6, 6.07) is 12.1. The zero-order valence-electron chi connectivity index (χ0n) is 12.6. The molecule has 0 aliphatic heterocycles. The number of aliphatic hydroxyl groups excluding tert-OH is 1. The molecule has 0 radical (unpaired) electrons. The molecule has 0 bridgehead atoms. The fourth-order valence-electron chi connectivity index (χ4n) is 2.36. The van der Waals surface area contributed by atoms with Crippen LogP contribution in [0.1, 0.15) is 18.0 Å². The molecule has 0 aliphatic carbocycles. The van der Waals surface area contributed by atoms with Crippen molar-refractivity contribution in [2.24, 2.45) is 0 Å². The summed E-state index contributed by atoms with van der Waals surface area (Å²) in [5, 5.41) is 23.2. The summed E-state index contributed by atoms with van der Waals surface area (Å²) in [6.45, 7) is 0.819. The van der Waals surface area contributed by atoms with Crippen LogP contribution in [0.5, 0.6) is 0 Å². The number of rotatable bonds is 8. The zero-order chi connectivity index (χ0) is 16.7. The topological polar surface area (TPSA) is 97.4 Å². The Kier molecular flexibility index (Phi) is 6.02. The molecule has 2 N–H and O–H groups in total. The summed E-state index contributed by atoms with van der Waals surface area (Å²) in [4.78, 5) is 22.0. The van der Waals surface area contributed by atoms with Crippen LogP contribution in [0.3, 0.4) is 0 Å². The van der Waals surface area contributed by atoms with Gasteiger partial charge in [-0.2, -0.15) is 0 Å². The summed E-state index contributed by atoms with van der Waals surface area (Å²) < 4.78 is 1.31. The summed E-state index contributed by atoms with van der Waals surface area (Å²) >= 11 is 0. The number of nitro groups is 1. The first-order valence-corrected chi connectivity index (χ1v) is 7.36. The fourth-order valence-corrected chi connectivity index (χ4v) is 2.36. The predicted molar refractivity (Wildman–Crippen MR) is 86.2 cm³/mol. The highest BCUT2D eigenvalue weighted by molar-refractivity contribution is 5.24. The molecule has 1 aromatic heterocycles. The molecular weight excluding hydrogens is 298 g/mol. The second kappa shape index (κ2) is 8.21. The van der Waals surface area contributed by atoms with Gasteiger partial charge in [-0.25, -0.2) is 0 Å². The van der Waals surface area contributed by atoms with Gasteiger partial charge in [0.15, 0.2) is 0 Å². The average molecular weight is 317 g/mol. The SMILES string of the molecule is O=c1ccc([N+](=O)[O-])cn1CCNC(CCO)c1ccccc1. The fraction of sp³-hybridized carbons (Fsp3) is 0.312. The van der Waals surface area contributed by atoms with Gasteiger partial charge < -0.3 is 15.0 Å². The molecule has 2 aromatic rings. The maximum Gasteiger partial charge on any atom is 0.285 e. The van der Waals surface area contributed by atoms with Crippen LogP contribution in [0.2, 0.25) is 0 Å². The van der Waals surface area contributed by atoms with Crippen LogP contribution in [0.4, 0.5) is 5.69 Å². The van der Waals surface area contributed by atoms with Crippen molar-refractivity contribution in [3.8, 4) is 0 Å². The summed E-state index contributed by atoms with van der Waals surface area (Å²) in [6.07, 6.45) is 1.79. The second-order valence-corrected chi connectivity index (χ2v) is 5.11. The summed E-state index contributed by atoms with van der Waals surface area (Å²) in [5.41, 5.74) is 0.656. The van der Waals surface area contributed by atoms with E-state index in [-0.39, 0.29) is 23.9 Å². The van der Waals surface area contributed by atoms with Gasteiger partial charge >= 0.3 is 0 Å². The van der Waals surface area contributed by atoms with Crippen molar-refractivity contribution in [1.29, 1.82) is 0 Å². The lowest BCUT2D eigenvalue weighted by Gasteiger charge is -2.18. The summed E-state index contributed by atoms with van der Waals surface area (Å²) in [7, 11) is 0. The highest BCUT2D eigenvalue weighted by atomic mass is 16.6. The number of hydrogen-bond acceptors (Lipinski definition) is 5. The van der Waals surface area contributed by atoms with E-state index in [1.807, 2.05) is 30.3 Å². The molecule has 7 nitrogen and oxygen atoms in total. The van der Waals surface area contributed by atoms with E-state index in [4.69, 9.17) is 0 Å². The lowest BCUT2D eigenvalue weighted by atomic mass is 10.0. The number of nitrogens with zero attached hydrogens (tertiary/aromatic N) is 2. The summed E-state index contributed by atoms with van der Waals surface area (Å²) in [5.74, 6) is 0. The molecule has 1 atom stereocenters. The van der Waals surface area contributed by atoms with Crippen LogP contribution in [0, 0.1) is 10.1 Å². The first-order valence-electron chi connectivity index (χ1n) is 7.36. The van der Waals surface area contributed by atoms with Crippen molar-refractivity contribution in [1.82, 2.24) is 9.88 Å². The van der Waals surface area contributed by atoms with Gasteiger partial charge in [-0.05, 0) is 12.0 Å². The molecule has 1 unspecified atom stereocenters. The van der Waals surface area contributed by atoms with E-state index in [9.17, 15) is 20.0 Å². The minimum Gasteiger partial charge on any atom is -0.396 e. The molecule has 0 amide bonds. The molecule has 23 heavy (non-hydrogen) atoms. The van der Waals surface area contributed by atoms with Gasteiger partial charge in [0, 0.05) is 37.9 Å². The Hall–Kier alpha value is -2.51. The molecule has 0 aliphatic rings. The monoisotopic (exact) mass is 317 g/mol. The van der Waals surface area contributed by atoms with Crippen LogP contribution in [-0.4, -0.2) is 27.7 Å². The van der Waals surface area contributed by atoms with E-state index in [1.54, 1.807) is 0 Å². The van der Waals surface area contributed by atoms with E-state index in [0.717, 1.165) is 5.56 Å². The molecule has 7 heteroatoms. The number of nitrogens with one attached hydrogen (secondary N) is 1. The molecule has 122 valence electrons. The van der Waals surface area contributed by atoms with Crippen molar-refractivity contribution < 1.29 is 10.0 Å². The van der Waals surface area contributed by atoms with Gasteiger partial charge in [0.05, 0.1) is 11.1 Å². The maximum atomic E-state index is 11.7. The molecule has 1 heterocycles. The van der Waals surface area contributed by atoms with E-state index < -0.39 is 4.92 Å². The molecular formula is C16H19N3O4. The van der Waals surface area contributed by atoms with E-state index >= 15 is 0 Å². The third kappa shape index (κ3) is 4.73. The van der Waals surface area contributed by atoms with Crippen LogP contribution in [0.15, 0.2) is 53.5 Å². The quantitative estimate of drug-likeness (QED) is 0.567. The van der Waals surface area contributed by atoms with E-state index in [1.165, 1.54) is 22.9 Å². The first kappa shape index (κ1) is 16.9. The van der Waals surface area contributed by atoms with Gasteiger partial charge in [0.1, 0.15) is 0 Å². The van der Waals surface area contributed by atoms with Crippen LogP contribution in [-0.2, 0) is 6.54 Å². The number of aromatic nitrogens is 1. The third-order valence-electron chi connectivity index (χ3n) is 3.54. The predicted octanol–water partition coefficient (Wildman–Crippen LogP) is 1.47. The number of aliphatic hydroxyl groups is 1. The van der Waals surface area contributed by atoms with Crippen molar-refractivity contribution >= 4 is 5.69 Å². The van der Waals surface area contributed by atoms with Crippen LogP contribution in [0.25, 0.3) is 0 Å². The highest BCUT2D eigenvalue weighted by Crippen LogP contribution is 2.15. The normalized spacial score (nSPS) is 12.0. The minimum absolute atomic E-state index is 0.0319. The number of pyridine rings is 1. The zero-order valence-corrected chi connectivity index (χ0v) is 12.6. The minimum atomic E-state index is -0.526. The van der Waals surface area contributed by atoms with Crippen molar-refractivity contribution in [2.45, 2.75) is 19.0 Å². The van der Waals surface area contributed by atoms with Gasteiger partial charge in [-0.15, -0.1) is 0 Å². The number of hydrogen-bond donors (Lipinski definition) is 2. The standard InChI is InChI=1S/C16H19N3O4/c20-11-8-15(13-4-2-1-3-5-13)17-9-10-18-12-14(19(22)23)6-7-16(18)21/h1-7,12,15,17,20H,8-11H2. The Balaban J connectivity index is 2.01. The van der Waals surface area contributed by atoms with Gasteiger partial charge in [-0.3, -0.25) is 14.9 Å². The van der Waals surface area contributed by atoms with E-state index in [2.05, 4.69) is 5.32 Å². The smallest absolute Gasteiger partial charge is 0.285 e. The molecule has 0 saturated carbocycles. The Bertz CT molecular complexity index is 700. The molecule has 0 saturated heterocycles. The lowest BCUT2D eigenvalue weighted by Crippen LogP contribution is -2.29. The Morgan fingerprint density at radius 3 is 2.61 bits per heavy atom. The van der Waals surface area contributed by atoms with Crippen LogP contribution >= 0.6 is 0 Å². The third-order valence-corrected chi connectivity index (χ3v) is 3.54. The maximum absolute atomic E-state index is 11.7. The van der Waals surface area contributed by atoms with Gasteiger partial charge in [0.25, 0.3) is 11.2 Å².